The van der Waals surface area contributed by atoms with E-state index in [1.807, 2.05) is 39.8 Å². The summed E-state index contributed by atoms with van der Waals surface area (Å²) in [4.78, 5) is 12.9. The number of cyclic esters (lactones) is 1. The summed E-state index contributed by atoms with van der Waals surface area (Å²) >= 11 is 0. The van der Waals surface area contributed by atoms with Gasteiger partial charge in [0.15, 0.2) is 5.76 Å². The number of aliphatic hydroxyl groups is 1. The molecule has 0 spiro atoms. The summed E-state index contributed by atoms with van der Waals surface area (Å²) in [6, 6.07) is 10.7. The van der Waals surface area contributed by atoms with Crippen LogP contribution in [0.15, 0.2) is 59.6 Å². The standard InChI is InChI=1S/C26H28O7/c1-15(2)32-24-16(3)10-18(11-17(24)4)12-21-23(22-13-30-14-31-22)25(27)33-26(21,28)19-6-8-20(29-5)9-7-19/h6-11,13,15,28H,12,14H2,1-5H3. The average molecular weight is 453 g/mol. The van der Waals surface area contributed by atoms with Crippen LogP contribution in [0.3, 0.4) is 0 Å². The molecular weight excluding hydrogens is 424 g/mol. The lowest BCUT2D eigenvalue weighted by Crippen LogP contribution is -2.29. The number of aryl methyl sites for hydroxylation is 2. The van der Waals surface area contributed by atoms with Gasteiger partial charge in [-0.15, -0.1) is 0 Å². The molecule has 0 saturated carbocycles. The van der Waals surface area contributed by atoms with Gasteiger partial charge in [0.25, 0.3) is 5.79 Å². The van der Waals surface area contributed by atoms with Gasteiger partial charge < -0.3 is 28.8 Å². The molecule has 1 atom stereocenters. The quantitative estimate of drug-likeness (QED) is 0.631. The van der Waals surface area contributed by atoms with E-state index in [1.54, 1.807) is 31.4 Å². The van der Waals surface area contributed by atoms with Crippen LogP contribution >= 0.6 is 0 Å². The Hall–Kier alpha value is -3.45. The van der Waals surface area contributed by atoms with Gasteiger partial charge >= 0.3 is 5.97 Å². The van der Waals surface area contributed by atoms with Crippen LogP contribution in [0.1, 0.15) is 36.1 Å². The van der Waals surface area contributed by atoms with Crippen LogP contribution in [-0.4, -0.2) is 31.1 Å². The lowest BCUT2D eigenvalue weighted by molar-refractivity contribution is -0.186. The molecule has 4 rings (SSSR count). The molecule has 7 nitrogen and oxygen atoms in total. The molecule has 0 aliphatic carbocycles. The summed E-state index contributed by atoms with van der Waals surface area (Å²) in [7, 11) is 1.56. The molecule has 0 fully saturated rings. The molecule has 174 valence electrons. The van der Waals surface area contributed by atoms with Crippen molar-refractivity contribution in [1.82, 2.24) is 0 Å². The van der Waals surface area contributed by atoms with Crippen molar-refractivity contribution >= 4 is 5.97 Å². The highest BCUT2D eigenvalue weighted by Crippen LogP contribution is 2.44. The Morgan fingerprint density at radius 2 is 1.79 bits per heavy atom. The number of methoxy groups -OCH3 is 1. The van der Waals surface area contributed by atoms with Gasteiger partial charge in [-0.3, -0.25) is 0 Å². The first kappa shape index (κ1) is 22.7. The minimum Gasteiger partial charge on any atom is -0.497 e. The summed E-state index contributed by atoms with van der Waals surface area (Å²) in [6.45, 7) is 7.92. The second-order valence-electron chi connectivity index (χ2n) is 8.43. The van der Waals surface area contributed by atoms with Gasteiger partial charge in [-0.05, 0) is 68.7 Å². The van der Waals surface area contributed by atoms with E-state index in [1.165, 1.54) is 6.26 Å². The van der Waals surface area contributed by atoms with E-state index in [0.29, 0.717) is 16.9 Å². The third kappa shape index (κ3) is 4.28. The van der Waals surface area contributed by atoms with Gasteiger partial charge in [0.05, 0.1) is 13.2 Å². The maximum Gasteiger partial charge on any atom is 0.345 e. The fourth-order valence-electron chi connectivity index (χ4n) is 4.19. The first-order valence-corrected chi connectivity index (χ1v) is 10.8. The van der Waals surface area contributed by atoms with Crippen molar-refractivity contribution < 1.29 is 33.6 Å². The number of benzene rings is 2. The molecule has 0 bridgehead atoms. The van der Waals surface area contributed by atoms with E-state index >= 15 is 0 Å². The number of rotatable bonds is 7. The van der Waals surface area contributed by atoms with Gasteiger partial charge in [0.2, 0.25) is 6.79 Å². The Kier molecular flexibility index (Phi) is 6.08. The van der Waals surface area contributed by atoms with Crippen LogP contribution in [0, 0.1) is 13.8 Å². The zero-order valence-electron chi connectivity index (χ0n) is 19.4. The number of hydrogen-bond donors (Lipinski definition) is 1. The molecule has 0 saturated heterocycles. The first-order chi connectivity index (χ1) is 15.7. The van der Waals surface area contributed by atoms with E-state index in [0.717, 1.165) is 22.4 Å². The molecule has 1 N–H and O–H groups in total. The van der Waals surface area contributed by atoms with E-state index in [4.69, 9.17) is 23.7 Å². The molecule has 7 heteroatoms. The fourth-order valence-corrected chi connectivity index (χ4v) is 4.19. The van der Waals surface area contributed by atoms with E-state index in [9.17, 15) is 9.90 Å². The maximum absolute atomic E-state index is 12.9. The Labute approximate surface area is 193 Å². The van der Waals surface area contributed by atoms with Gasteiger partial charge in [-0.1, -0.05) is 12.1 Å². The Morgan fingerprint density at radius 3 is 2.33 bits per heavy atom. The minimum atomic E-state index is -1.96. The predicted octanol–water partition coefficient (Wildman–Crippen LogP) is 4.19. The van der Waals surface area contributed by atoms with E-state index in [2.05, 4.69) is 0 Å². The molecule has 33 heavy (non-hydrogen) atoms. The molecule has 2 aliphatic heterocycles. The SMILES string of the molecule is COc1ccc(C2(O)OC(=O)C(C3=COCO3)=C2Cc2cc(C)c(OC(C)C)c(C)c2)cc1. The second kappa shape index (κ2) is 8.83. The minimum absolute atomic E-state index is 0.000186. The summed E-state index contributed by atoms with van der Waals surface area (Å²) in [5, 5.41) is 11.7. The molecule has 2 heterocycles. The second-order valence-corrected chi connectivity index (χ2v) is 8.43. The van der Waals surface area contributed by atoms with Crippen molar-refractivity contribution in [1.29, 1.82) is 0 Å². The van der Waals surface area contributed by atoms with Crippen molar-refractivity contribution in [3.05, 3.63) is 81.8 Å². The summed E-state index contributed by atoms with van der Waals surface area (Å²) in [5.41, 5.74) is 3.81. The van der Waals surface area contributed by atoms with Gasteiger partial charge in [-0.25, -0.2) is 4.79 Å². The predicted molar refractivity (Wildman–Crippen MR) is 121 cm³/mol. The third-order valence-corrected chi connectivity index (χ3v) is 5.61. The molecule has 0 aromatic heterocycles. The summed E-state index contributed by atoms with van der Waals surface area (Å²) in [5.74, 6) is -0.927. The molecule has 2 aromatic carbocycles. The van der Waals surface area contributed by atoms with Crippen molar-refractivity contribution in [2.24, 2.45) is 0 Å². The molecule has 1 unspecified atom stereocenters. The van der Waals surface area contributed by atoms with Crippen LogP contribution in [0.5, 0.6) is 11.5 Å². The molecule has 0 amide bonds. The van der Waals surface area contributed by atoms with Crippen molar-refractivity contribution in [2.45, 2.75) is 46.0 Å². The van der Waals surface area contributed by atoms with Crippen LogP contribution in [0.4, 0.5) is 0 Å². The van der Waals surface area contributed by atoms with Crippen LogP contribution < -0.4 is 9.47 Å². The highest BCUT2D eigenvalue weighted by atomic mass is 16.7. The summed E-state index contributed by atoms with van der Waals surface area (Å²) < 4.78 is 27.4. The Balaban J connectivity index is 1.80. The lowest BCUT2D eigenvalue weighted by Gasteiger charge is -2.26. The largest absolute Gasteiger partial charge is 0.497 e. The topological polar surface area (TPSA) is 83.5 Å². The third-order valence-electron chi connectivity index (χ3n) is 5.61. The Bertz CT molecular complexity index is 1100. The van der Waals surface area contributed by atoms with Crippen LogP contribution in [-0.2, 0) is 31.2 Å². The fraction of sp³-hybridized carbons (Fsp3) is 0.346. The molecule has 2 aromatic rings. The van der Waals surface area contributed by atoms with Crippen molar-refractivity contribution in [3.63, 3.8) is 0 Å². The summed E-state index contributed by atoms with van der Waals surface area (Å²) in [6.07, 6.45) is 1.68. The van der Waals surface area contributed by atoms with Gasteiger partial charge in [0, 0.05) is 17.6 Å². The van der Waals surface area contributed by atoms with Crippen LogP contribution in [0.2, 0.25) is 0 Å². The monoisotopic (exact) mass is 452 g/mol. The lowest BCUT2D eigenvalue weighted by atomic mass is 9.88. The van der Waals surface area contributed by atoms with E-state index in [-0.39, 0.29) is 30.6 Å². The molecule has 2 aliphatic rings. The highest BCUT2D eigenvalue weighted by Gasteiger charge is 2.49. The molecular formula is C26H28O7. The van der Waals surface area contributed by atoms with Crippen molar-refractivity contribution in [3.8, 4) is 11.5 Å². The van der Waals surface area contributed by atoms with Gasteiger partial charge in [0.1, 0.15) is 23.3 Å². The Morgan fingerprint density at radius 1 is 1.12 bits per heavy atom. The van der Waals surface area contributed by atoms with E-state index < -0.39 is 11.8 Å². The molecule has 0 radical (unpaired) electrons. The number of hydrogen-bond acceptors (Lipinski definition) is 7. The smallest absolute Gasteiger partial charge is 0.345 e. The number of carbonyl (C=O) groups is 1. The number of ether oxygens (including phenoxy) is 5. The van der Waals surface area contributed by atoms with Crippen LogP contribution in [0.25, 0.3) is 0 Å². The number of esters is 1. The van der Waals surface area contributed by atoms with Gasteiger partial charge in [-0.2, -0.15) is 0 Å². The van der Waals surface area contributed by atoms with Crippen molar-refractivity contribution in [2.75, 3.05) is 13.9 Å². The highest BCUT2D eigenvalue weighted by molar-refractivity contribution is 5.97. The maximum atomic E-state index is 12.9. The zero-order chi connectivity index (χ0) is 23.8. The number of carbonyl (C=O) groups excluding carboxylic acids is 1. The first-order valence-electron chi connectivity index (χ1n) is 10.8. The zero-order valence-corrected chi connectivity index (χ0v) is 19.4. The normalized spacial score (nSPS) is 19.8. The average Bonchev–Trinajstić information content (AvgIpc) is 3.37.